The Morgan fingerprint density at radius 3 is 2.25 bits per heavy atom. The van der Waals surface area contributed by atoms with Gasteiger partial charge in [-0.25, -0.2) is 0 Å². The number of hydrogen-bond donors (Lipinski definition) is 2. The van der Waals surface area contributed by atoms with Gasteiger partial charge < -0.3 is 15.5 Å². The molecule has 2 N–H and O–H groups in total. The van der Waals surface area contributed by atoms with E-state index in [1.807, 2.05) is 24.3 Å². The molecule has 1 saturated heterocycles. The minimum absolute atomic E-state index is 0.0895. The molecule has 0 spiro atoms. The lowest BCUT2D eigenvalue weighted by molar-refractivity contribution is -0.141. The van der Waals surface area contributed by atoms with Crippen molar-refractivity contribution in [3.8, 4) is 0 Å². The molecule has 2 amide bonds. The molecule has 0 saturated carbocycles. The number of rotatable bonds is 9. The number of halogens is 6. The molecule has 2 aromatic rings. The van der Waals surface area contributed by atoms with Gasteiger partial charge >= 0.3 is 12.4 Å². The van der Waals surface area contributed by atoms with Gasteiger partial charge in [-0.15, -0.1) is 0 Å². The van der Waals surface area contributed by atoms with E-state index in [0.29, 0.717) is 32.1 Å². The van der Waals surface area contributed by atoms with Gasteiger partial charge in [0.2, 0.25) is 5.91 Å². The second-order valence-electron chi connectivity index (χ2n) is 12.0. The third kappa shape index (κ3) is 6.98. The van der Waals surface area contributed by atoms with Crippen molar-refractivity contribution in [3.05, 3.63) is 76.4 Å². The smallest absolute Gasteiger partial charge is 0.349 e. The number of nitrogens with one attached hydrogen (secondary N) is 2. The van der Waals surface area contributed by atoms with Crippen LogP contribution in [0.1, 0.15) is 84.8 Å². The fourth-order valence-corrected chi connectivity index (χ4v) is 7.05. The van der Waals surface area contributed by atoms with E-state index in [0.717, 1.165) is 79.7 Å². The van der Waals surface area contributed by atoms with E-state index >= 15 is 0 Å². The summed E-state index contributed by atoms with van der Waals surface area (Å²) >= 11 is 0. The number of likely N-dealkylation sites (tertiary alicyclic amines) is 1. The van der Waals surface area contributed by atoms with E-state index in [9.17, 15) is 35.9 Å². The molecule has 238 valence electrons. The van der Waals surface area contributed by atoms with Crippen LogP contribution < -0.4 is 10.6 Å². The van der Waals surface area contributed by atoms with Gasteiger partial charge in [0.25, 0.3) is 5.91 Å². The van der Waals surface area contributed by atoms with Crippen LogP contribution in [0.5, 0.6) is 0 Å². The molecule has 1 aliphatic heterocycles. The van der Waals surface area contributed by atoms with Crippen LogP contribution in [0.3, 0.4) is 0 Å². The van der Waals surface area contributed by atoms with Gasteiger partial charge in [-0.3, -0.25) is 9.59 Å². The van der Waals surface area contributed by atoms with Crippen molar-refractivity contribution in [1.82, 2.24) is 15.5 Å². The Morgan fingerprint density at radius 1 is 0.886 bits per heavy atom. The molecule has 5 nitrogen and oxygen atoms in total. The van der Waals surface area contributed by atoms with Gasteiger partial charge in [-0.2, -0.15) is 26.3 Å². The number of allylic oxidation sites excluding steroid dienone is 1. The highest BCUT2D eigenvalue weighted by Gasteiger charge is 2.50. The third-order valence-corrected chi connectivity index (χ3v) is 9.21. The standard InChI is InChI=1S/C33H37F6N3O2/c34-32(35,36)21-40-30(44)31(27-9-3-1-7-25(27)26-8-2-4-10-28(26)31)17-5-6-18-42-19-15-24(16-20-42)41-29(43)22-11-13-23(14-12-22)33(37,38)39/h1,3,7,9,11-14,24H,2,4-6,8,10,15-21H2,(H,40,44)(H,41,43). The normalized spacial score (nSPS) is 21.1. The van der Waals surface area contributed by atoms with Gasteiger partial charge in [-0.05, 0) is 104 Å². The Balaban J connectivity index is 1.16. The summed E-state index contributed by atoms with van der Waals surface area (Å²) in [7, 11) is 0. The summed E-state index contributed by atoms with van der Waals surface area (Å²) in [4.78, 5) is 28.5. The number of benzene rings is 2. The second-order valence-corrected chi connectivity index (χ2v) is 12.0. The number of fused-ring (bicyclic) bond motifs is 2. The SMILES string of the molecule is O=C(NC1CCN(CCCCC2(C(=O)NCC(F)(F)F)C3=C(CCCC3)c3ccccc32)CC1)c1ccc(C(F)(F)F)cc1. The van der Waals surface area contributed by atoms with Gasteiger partial charge in [0, 0.05) is 24.7 Å². The summed E-state index contributed by atoms with van der Waals surface area (Å²) in [5.41, 5.74) is 2.19. The third-order valence-electron chi connectivity index (χ3n) is 9.21. The molecule has 1 unspecified atom stereocenters. The molecular formula is C33H37F6N3O2. The van der Waals surface area contributed by atoms with Crippen molar-refractivity contribution in [2.75, 3.05) is 26.2 Å². The highest BCUT2D eigenvalue weighted by atomic mass is 19.4. The number of carbonyl (C=O) groups is 2. The monoisotopic (exact) mass is 621 g/mol. The Morgan fingerprint density at radius 2 is 1.57 bits per heavy atom. The first-order valence-electron chi connectivity index (χ1n) is 15.3. The molecule has 2 aliphatic carbocycles. The van der Waals surface area contributed by atoms with E-state index in [2.05, 4.69) is 15.5 Å². The molecule has 5 rings (SSSR count). The largest absolute Gasteiger partial charge is 0.416 e. The van der Waals surface area contributed by atoms with E-state index in [4.69, 9.17) is 0 Å². The quantitative estimate of drug-likeness (QED) is 0.234. The molecule has 1 heterocycles. The molecule has 2 aromatic carbocycles. The zero-order chi connectivity index (χ0) is 31.5. The molecule has 0 radical (unpaired) electrons. The van der Waals surface area contributed by atoms with Crippen LogP contribution in [-0.2, 0) is 16.4 Å². The number of carbonyl (C=O) groups excluding carboxylic acids is 2. The Hall–Kier alpha value is -3.34. The molecular weight excluding hydrogens is 584 g/mol. The van der Waals surface area contributed by atoms with Crippen LogP contribution in [0.25, 0.3) is 5.57 Å². The van der Waals surface area contributed by atoms with Crippen LogP contribution in [0.4, 0.5) is 26.3 Å². The number of nitrogens with zero attached hydrogens (tertiary/aromatic N) is 1. The fourth-order valence-electron chi connectivity index (χ4n) is 7.05. The molecule has 0 bridgehead atoms. The lowest BCUT2D eigenvalue weighted by atomic mass is 9.70. The minimum Gasteiger partial charge on any atom is -0.349 e. The van der Waals surface area contributed by atoms with Crippen LogP contribution in [-0.4, -0.2) is 55.1 Å². The first-order chi connectivity index (χ1) is 20.9. The minimum atomic E-state index is -4.50. The lowest BCUT2D eigenvalue weighted by Gasteiger charge is -2.35. The molecule has 3 aliphatic rings. The van der Waals surface area contributed by atoms with Crippen LogP contribution in [0, 0.1) is 0 Å². The zero-order valence-electron chi connectivity index (χ0n) is 24.4. The number of hydrogen-bond acceptors (Lipinski definition) is 3. The second kappa shape index (κ2) is 12.9. The first kappa shape index (κ1) is 32.1. The number of piperidine rings is 1. The van der Waals surface area contributed by atoms with Crippen LogP contribution in [0.2, 0.25) is 0 Å². The average Bonchev–Trinajstić information content (AvgIpc) is 3.29. The van der Waals surface area contributed by atoms with Gasteiger partial charge in [0.15, 0.2) is 0 Å². The summed E-state index contributed by atoms with van der Waals surface area (Å²) < 4.78 is 77.8. The number of alkyl halides is 6. The van der Waals surface area contributed by atoms with Crippen molar-refractivity contribution >= 4 is 17.4 Å². The van der Waals surface area contributed by atoms with Crippen molar-refractivity contribution in [1.29, 1.82) is 0 Å². The zero-order valence-corrected chi connectivity index (χ0v) is 24.4. The summed E-state index contributed by atoms with van der Waals surface area (Å²) in [6.07, 6.45) is -2.27. The van der Waals surface area contributed by atoms with Crippen molar-refractivity contribution in [3.63, 3.8) is 0 Å². The highest BCUT2D eigenvalue weighted by molar-refractivity contribution is 6.00. The predicted molar refractivity (Wildman–Crippen MR) is 155 cm³/mol. The molecule has 44 heavy (non-hydrogen) atoms. The van der Waals surface area contributed by atoms with E-state index < -0.39 is 41.7 Å². The summed E-state index contributed by atoms with van der Waals surface area (Å²) in [6.45, 7) is 0.858. The maximum atomic E-state index is 13.7. The Kier molecular flexibility index (Phi) is 9.44. The summed E-state index contributed by atoms with van der Waals surface area (Å²) in [5.74, 6) is -0.974. The summed E-state index contributed by atoms with van der Waals surface area (Å²) in [6, 6.07) is 11.7. The van der Waals surface area contributed by atoms with E-state index in [1.54, 1.807) is 0 Å². The van der Waals surface area contributed by atoms with Gasteiger partial charge in [0.1, 0.15) is 6.54 Å². The van der Waals surface area contributed by atoms with Crippen LogP contribution >= 0.6 is 0 Å². The van der Waals surface area contributed by atoms with E-state index in [-0.39, 0.29) is 11.6 Å². The average molecular weight is 622 g/mol. The van der Waals surface area contributed by atoms with Crippen molar-refractivity contribution in [2.24, 2.45) is 0 Å². The van der Waals surface area contributed by atoms with Gasteiger partial charge in [0.05, 0.1) is 11.0 Å². The Bertz CT molecular complexity index is 1380. The first-order valence-corrected chi connectivity index (χ1v) is 15.3. The Labute approximate surface area is 253 Å². The maximum Gasteiger partial charge on any atom is 0.416 e. The molecule has 1 fully saturated rings. The summed E-state index contributed by atoms with van der Waals surface area (Å²) in [5, 5.41) is 5.14. The van der Waals surface area contributed by atoms with Crippen molar-refractivity contribution in [2.45, 2.75) is 81.6 Å². The van der Waals surface area contributed by atoms with Gasteiger partial charge in [-0.1, -0.05) is 30.7 Å². The number of unbranched alkanes of at least 4 members (excludes halogenated alkanes) is 1. The maximum absolute atomic E-state index is 13.7. The lowest BCUT2D eigenvalue weighted by Crippen LogP contribution is -2.48. The molecule has 1 atom stereocenters. The van der Waals surface area contributed by atoms with Crippen molar-refractivity contribution < 1.29 is 35.9 Å². The predicted octanol–water partition coefficient (Wildman–Crippen LogP) is 7.03. The highest BCUT2D eigenvalue weighted by Crippen LogP contribution is 2.54. The molecule has 11 heteroatoms. The fraction of sp³-hybridized carbons (Fsp3) is 0.515. The number of amides is 2. The topological polar surface area (TPSA) is 61.4 Å². The molecule has 0 aromatic heterocycles. The van der Waals surface area contributed by atoms with E-state index in [1.165, 1.54) is 12.1 Å². The van der Waals surface area contributed by atoms with Crippen LogP contribution in [0.15, 0.2) is 54.1 Å².